The van der Waals surface area contributed by atoms with Gasteiger partial charge in [0.2, 0.25) is 12.1 Å². The lowest BCUT2D eigenvalue weighted by Crippen LogP contribution is -2.61. The highest BCUT2D eigenvalue weighted by Gasteiger charge is 2.60. The Hall–Kier alpha value is -4.20. The topological polar surface area (TPSA) is 156 Å². The van der Waals surface area contributed by atoms with Crippen molar-refractivity contribution >= 4 is 40.0 Å². The minimum atomic E-state index is -1.26. The van der Waals surface area contributed by atoms with Gasteiger partial charge in [-0.05, 0) is 87.1 Å². The average molecular weight is 796 g/mol. The van der Waals surface area contributed by atoms with E-state index < -0.39 is 54.2 Å². The zero-order chi connectivity index (χ0) is 41.1. The summed E-state index contributed by atoms with van der Waals surface area (Å²) in [5.41, 5.74) is 2.76. The van der Waals surface area contributed by atoms with Crippen LogP contribution in [0.4, 0.5) is 5.69 Å². The molecule has 3 aromatic rings. The lowest BCUT2D eigenvalue weighted by atomic mass is 9.53. The molecule has 0 aromatic heterocycles. The molecule has 2 N–H and O–H groups in total. The van der Waals surface area contributed by atoms with Gasteiger partial charge >= 0.3 is 11.9 Å². The fourth-order valence-corrected chi connectivity index (χ4v) is 11.3. The molecule has 2 aliphatic carbocycles. The van der Waals surface area contributed by atoms with Gasteiger partial charge < -0.3 is 29.0 Å². The predicted molar refractivity (Wildman–Crippen MR) is 211 cm³/mol. The molecule has 1 saturated carbocycles. The lowest BCUT2D eigenvalue weighted by Gasteiger charge is -2.56. The number of hydrogen-bond acceptors (Lipinski definition) is 12. The molecular weight excluding hydrogens is 743 g/mol. The van der Waals surface area contributed by atoms with Crippen molar-refractivity contribution in [3.05, 3.63) is 75.8 Å². The highest BCUT2D eigenvalue weighted by atomic mass is 17.1. The molecule has 12 atom stereocenters. The molecule has 3 aromatic carbocycles. The molecule has 0 amide bonds. The Morgan fingerprint density at radius 1 is 0.879 bits per heavy atom. The van der Waals surface area contributed by atoms with Crippen LogP contribution >= 0.6 is 0 Å². The van der Waals surface area contributed by atoms with Gasteiger partial charge in [0, 0.05) is 46.9 Å². The number of aryl methyl sites for hydroxylation is 1. The number of nitrogens with one attached hydrogen (secondary N) is 1. The van der Waals surface area contributed by atoms with Gasteiger partial charge in [-0.15, -0.1) is 0 Å². The summed E-state index contributed by atoms with van der Waals surface area (Å²) in [6.07, 6.45) is -0.134. The maximum atomic E-state index is 14.3. The van der Waals surface area contributed by atoms with E-state index in [0.717, 1.165) is 41.2 Å². The Kier molecular flexibility index (Phi) is 9.44. The minimum Gasteiger partial charge on any atom is -0.457 e. The van der Waals surface area contributed by atoms with E-state index in [-0.39, 0.29) is 47.6 Å². The van der Waals surface area contributed by atoms with Gasteiger partial charge in [-0.1, -0.05) is 56.7 Å². The van der Waals surface area contributed by atoms with Crippen molar-refractivity contribution in [2.24, 2.45) is 29.1 Å². The first-order chi connectivity index (χ1) is 27.5. The first-order valence-corrected chi connectivity index (χ1v) is 20.8. The number of ether oxygens (including phenoxy) is 5. The molecule has 2 bridgehead atoms. The van der Waals surface area contributed by atoms with Crippen LogP contribution in [0.25, 0.3) is 10.8 Å². The number of rotatable bonds is 6. The third kappa shape index (κ3) is 6.12. The second-order valence-corrected chi connectivity index (χ2v) is 18.5. The van der Waals surface area contributed by atoms with E-state index in [2.05, 4.69) is 19.2 Å². The molecule has 4 heterocycles. The summed E-state index contributed by atoms with van der Waals surface area (Å²) in [5.74, 6) is -2.45. The number of benzene rings is 3. The molecule has 0 radical (unpaired) electrons. The Morgan fingerprint density at radius 3 is 2.34 bits per heavy atom. The molecule has 308 valence electrons. The van der Waals surface area contributed by atoms with Gasteiger partial charge in [-0.25, -0.2) is 10.1 Å². The molecule has 12 nitrogen and oxygen atoms in total. The number of carbonyl (C=O) groups excluding carboxylic acids is 4. The van der Waals surface area contributed by atoms with Crippen LogP contribution in [0.5, 0.6) is 0 Å². The van der Waals surface area contributed by atoms with Crippen molar-refractivity contribution < 1.29 is 53.0 Å². The summed E-state index contributed by atoms with van der Waals surface area (Å²) >= 11 is 0. The van der Waals surface area contributed by atoms with Crippen LogP contribution in [-0.4, -0.2) is 64.9 Å². The molecule has 6 aliphatic rings. The van der Waals surface area contributed by atoms with Gasteiger partial charge in [-0.3, -0.25) is 19.2 Å². The Balaban J connectivity index is 0.888. The van der Waals surface area contributed by atoms with E-state index in [4.69, 9.17) is 28.6 Å². The van der Waals surface area contributed by atoms with Crippen molar-refractivity contribution in [3.63, 3.8) is 0 Å². The zero-order valence-corrected chi connectivity index (χ0v) is 34.2. The largest absolute Gasteiger partial charge is 0.457 e. The highest BCUT2D eigenvalue weighted by Crippen LogP contribution is 2.60. The summed E-state index contributed by atoms with van der Waals surface area (Å²) in [4.78, 5) is 60.1. The molecule has 9 rings (SSSR count). The van der Waals surface area contributed by atoms with Crippen LogP contribution in [0.15, 0.2) is 42.5 Å². The fourth-order valence-electron chi connectivity index (χ4n) is 11.3. The Morgan fingerprint density at radius 2 is 1.59 bits per heavy atom. The number of esters is 2. The van der Waals surface area contributed by atoms with Crippen LogP contribution in [0.2, 0.25) is 0 Å². The molecular formula is C46H53NO11. The molecule has 4 fully saturated rings. The second kappa shape index (κ2) is 13.9. The van der Waals surface area contributed by atoms with Crippen LogP contribution in [0, 0.1) is 36.0 Å². The van der Waals surface area contributed by atoms with Crippen molar-refractivity contribution in [1.29, 1.82) is 0 Å². The number of fused-ring (bicyclic) bond motifs is 9. The number of anilines is 1. The first-order valence-electron chi connectivity index (χ1n) is 20.8. The predicted octanol–water partition coefficient (Wildman–Crippen LogP) is 8.20. The van der Waals surface area contributed by atoms with Gasteiger partial charge in [0.15, 0.2) is 24.0 Å². The Labute approximate surface area is 338 Å². The van der Waals surface area contributed by atoms with Gasteiger partial charge in [-0.2, -0.15) is 0 Å². The third-order valence-corrected chi connectivity index (χ3v) is 14.8. The van der Waals surface area contributed by atoms with Gasteiger partial charge in [0.05, 0.1) is 41.8 Å². The first kappa shape index (κ1) is 39.3. The second-order valence-electron chi connectivity index (χ2n) is 18.5. The fraction of sp³-hybridized carbons (Fsp3) is 0.565. The van der Waals surface area contributed by atoms with Crippen LogP contribution < -0.4 is 5.32 Å². The maximum Gasteiger partial charge on any atom is 0.308 e. The molecule has 4 aliphatic heterocycles. The number of hydrogen-bond donors (Lipinski definition) is 2. The zero-order valence-electron chi connectivity index (χ0n) is 34.2. The summed E-state index contributed by atoms with van der Waals surface area (Å²) < 4.78 is 31.1. The van der Waals surface area contributed by atoms with Crippen molar-refractivity contribution in [3.8, 4) is 0 Å². The third-order valence-electron chi connectivity index (χ3n) is 14.8. The quantitative estimate of drug-likeness (QED) is 0.110. The summed E-state index contributed by atoms with van der Waals surface area (Å²) in [7, 11) is 0. The normalized spacial score (nSPS) is 37.3. The summed E-state index contributed by atoms with van der Waals surface area (Å²) in [6.45, 7) is 14.0. The SMILES string of the molecule is Cc1ccc2c3c(ccc2c1)C(=O)c1c(ccc2c1N[C@]1(C)C[C@H]2O[C@@H](C)[C@@H]1OC(=O)CCC(=O)O[C@@H]1O[C@@H]2O[C@](C)(OO)CC[C@]4(C)C2[C@@H](CC[C@H]4C)[C@H]1C)C3=O. The van der Waals surface area contributed by atoms with Crippen molar-refractivity contribution in [2.75, 3.05) is 5.32 Å². The number of ketones is 2. The lowest BCUT2D eigenvalue weighted by molar-refractivity contribution is -0.443. The summed E-state index contributed by atoms with van der Waals surface area (Å²) in [6, 6.07) is 13.0. The average Bonchev–Trinajstić information content (AvgIpc) is 3.30. The van der Waals surface area contributed by atoms with Crippen molar-refractivity contribution in [2.45, 2.75) is 136 Å². The highest BCUT2D eigenvalue weighted by molar-refractivity contribution is 6.33. The van der Waals surface area contributed by atoms with E-state index in [1.807, 2.05) is 58.0 Å². The maximum absolute atomic E-state index is 14.3. The van der Waals surface area contributed by atoms with E-state index in [0.29, 0.717) is 46.7 Å². The molecule has 12 heteroatoms. The molecule has 58 heavy (non-hydrogen) atoms. The van der Waals surface area contributed by atoms with Gasteiger partial charge in [0.25, 0.3) is 0 Å². The summed E-state index contributed by atoms with van der Waals surface area (Å²) in [5, 5.41) is 15.0. The standard InChI is InChI=1S/C46H53NO11/c1-22-8-11-28-26(20-22)10-13-30-35(28)39(50)31-15-14-29-32-21-45(6,47-38(29)36(31)40(30)51)41(25(4)53-32)54-33(48)16-17-34(49)55-42-24(3)27-12-9-23(2)44(5)18-19-46(7,58-52)57-43(56-42)37(27)44/h8,10-11,13-15,20,23-25,27,32,37,41-43,47,52H,9,12,16-19,21H2,1-7H3/t23-,24-,25+,27+,32-,37?,41+,42-,43-,44+,45-,46-/m1/s1. The minimum absolute atomic E-state index is 0.0267. The monoisotopic (exact) mass is 795 g/mol. The van der Waals surface area contributed by atoms with E-state index >= 15 is 0 Å². The molecule has 1 unspecified atom stereocenters. The molecule has 3 saturated heterocycles. The van der Waals surface area contributed by atoms with E-state index in [1.54, 1.807) is 19.1 Å². The smallest absolute Gasteiger partial charge is 0.308 e. The van der Waals surface area contributed by atoms with Gasteiger partial charge in [0.1, 0.15) is 0 Å². The van der Waals surface area contributed by atoms with Crippen LogP contribution in [0.3, 0.4) is 0 Å². The van der Waals surface area contributed by atoms with Crippen molar-refractivity contribution in [1.82, 2.24) is 0 Å². The van der Waals surface area contributed by atoms with Crippen LogP contribution in [0.1, 0.15) is 136 Å². The van der Waals surface area contributed by atoms with E-state index in [1.165, 1.54) is 0 Å². The molecule has 0 spiro atoms. The number of carbonyl (C=O) groups is 4. The van der Waals surface area contributed by atoms with E-state index in [9.17, 15) is 24.4 Å². The Bertz CT molecular complexity index is 2240. The van der Waals surface area contributed by atoms with Crippen LogP contribution in [-0.2, 0) is 38.2 Å².